The molecule has 0 aliphatic carbocycles. The van der Waals surface area contributed by atoms with Gasteiger partial charge in [-0.2, -0.15) is 4.98 Å². The monoisotopic (exact) mass is 427 g/mol. The van der Waals surface area contributed by atoms with Gasteiger partial charge in [-0.1, -0.05) is 48.5 Å². The van der Waals surface area contributed by atoms with Crippen molar-refractivity contribution < 1.29 is 4.74 Å². The van der Waals surface area contributed by atoms with Crippen LogP contribution in [0.2, 0.25) is 0 Å². The van der Waals surface area contributed by atoms with E-state index in [4.69, 9.17) is 9.72 Å². The van der Waals surface area contributed by atoms with Crippen LogP contribution in [-0.4, -0.2) is 30.2 Å². The van der Waals surface area contributed by atoms with E-state index in [0.29, 0.717) is 22.7 Å². The van der Waals surface area contributed by atoms with Gasteiger partial charge >= 0.3 is 5.69 Å². The Bertz CT molecular complexity index is 1600. The fourth-order valence-corrected chi connectivity index (χ4v) is 4.05. The Kier molecular flexibility index (Phi) is 4.55. The quantitative estimate of drug-likeness (QED) is 0.404. The number of fused-ring (bicyclic) bond motifs is 3. The highest BCUT2D eigenvalue weighted by atomic mass is 16.5. The number of hydrogen-bond donors (Lipinski definition) is 0. The zero-order valence-electron chi connectivity index (χ0n) is 17.7. The Hall–Kier alpha value is -4.33. The van der Waals surface area contributed by atoms with Crippen molar-refractivity contribution in [3.8, 4) is 22.7 Å². The zero-order valence-corrected chi connectivity index (χ0v) is 17.7. The number of hydrogen-bond acceptors (Lipinski definition) is 4. The molecule has 0 amide bonds. The first-order valence-corrected chi connectivity index (χ1v) is 10.1. The summed E-state index contributed by atoms with van der Waals surface area (Å²) in [6, 6.07) is 17.5. The van der Waals surface area contributed by atoms with Crippen LogP contribution in [0.3, 0.4) is 0 Å². The number of benzene rings is 2. The van der Waals surface area contributed by atoms with Gasteiger partial charge in [0.25, 0.3) is 5.56 Å². The van der Waals surface area contributed by atoms with Crippen LogP contribution in [0.25, 0.3) is 33.9 Å². The molecule has 32 heavy (non-hydrogen) atoms. The number of imidazole rings is 2. The van der Waals surface area contributed by atoms with Crippen molar-refractivity contribution in [1.82, 2.24) is 23.1 Å². The van der Waals surface area contributed by atoms with Crippen LogP contribution >= 0.6 is 0 Å². The van der Waals surface area contributed by atoms with Crippen molar-refractivity contribution in [3.05, 3.63) is 94.3 Å². The third-order valence-corrected chi connectivity index (χ3v) is 5.56. The zero-order chi connectivity index (χ0) is 22.4. The topological polar surface area (TPSA) is 75.5 Å². The molecule has 8 nitrogen and oxygen atoms in total. The molecule has 0 spiro atoms. The van der Waals surface area contributed by atoms with Crippen LogP contribution in [0, 0.1) is 0 Å². The summed E-state index contributed by atoms with van der Waals surface area (Å²) in [5.41, 5.74) is 2.36. The molecule has 5 aromatic rings. The van der Waals surface area contributed by atoms with E-state index in [1.165, 1.54) is 10.6 Å². The van der Waals surface area contributed by atoms with Gasteiger partial charge in [-0.05, 0) is 12.1 Å². The van der Waals surface area contributed by atoms with Crippen molar-refractivity contribution in [1.29, 1.82) is 0 Å². The summed E-state index contributed by atoms with van der Waals surface area (Å²) >= 11 is 0. The number of aryl methyl sites for hydroxylation is 1. The molecule has 0 aliphatic heterocycles. The summed E-state index contributed by atoms with van der Waals surface area (Å²) in [5.74, 6) is 1.17. The van der Waals surface area contributed by atoms with E-state index in [2.05, 4.69) is 6.58 Å². The third kappa shape index (κ3) is 2.73. The number of para-hydroxylation sites is 2. The molecule has 0 radical (unpaired) electrons. The van der Waals surface area contributed by atoms with Gasteiger partial charge in [0.15, 0.2) is 11.2 Å². The summed E-state index contributed by atoms with van der Waals surface area (Å²) in [5, 5.41) is 0. The van der Waals surface area contributed by atoms with Gasteiger partial charge in [0.1, 0.15) is 5.75 Å². The number of nitrogens with zero attached hydrogens (tertiary/aromatic N) is 5. The average Bonchev–Trinajstić information content (AvgIpc) is 3.37. The first kappa shape index (κ1) is 19.6. The Labute approximate surface area is 182 Å². The van der Waals surface area contributed by atoms with Crippen LogP contribution in [-0.2, 0) is 13.6 Å². The second-order valence-electron chi connectivity index (χ2n) is 7.39. The highest BCUT2D eigenvalue weighted by Crippen LogP contribution is 2.32. The maximum Gasteiger partial charge on any atom is 0.332 e. The Morgan fingerprint density at radius 1 is 1.06 bits per heavy atom. The van der Waals surface area contributed by atoms with E-state index in [1.54, 1.807) is 18.6 Å². The summed E-state index contributed by atoms with van der Waals surface area (Å²) in [7, 11) is 3.23. The van der Waals surface area contributed by atoms with Crippen LogP contribution in [0.4, 0.5) is 0 Å². The lowest BCUT2D eigenvalue weighted by Crippen LogP contribution is -2.39. The molecule has 0 saturated heterocycles. The molecule has 0 saturated carbocycles. The molecule has 0 atom stereocenters. The van der Waals surface area contributed by atoms with Crippen molar-refractivity contribution >= 4 is 16.9 Å². The van der Waals surface area contributed by atoms with Gasteiger partial charge < -0.3 is 4.74 Å². The molecule has 0 aliphatic rings. The maximum absolute atomic E-state index is 13.3. The minimum absolute atomic E-state index is 0.118. The van der Waals surface area contributed by atoms with Gasteiger partial charge in [-0.15, -0.1) is 6.58 Å². The molecule has 3 heterocycles. The third-order valence-electron chi connectivity index (χ3n) is 5.56. The van der Waals surface area contributed by atoms with Gasteiger partial charge in [-0.25, -0.2) is 4.79 Å². The first-order chi connectivity index (χ1) is 15.6. The Morgan fingerprint density at radius 3 is 2.50 bits per heavy atom. The summed E-state index contributed by atoms with van der Waals surface area (Å²) in [4.78, 5) is 30.8. The van der Waals surface area contributed by atoms with Crippen molar-refractivity contribution in [2.75, 3.05) is 7.11 Å². The normalized spacial score (nSPS) is 11.3. The fourth-order valence-electron chi connectivity index (χ4n) is 4.05. The average molecular weight is 427 g/mol. The lowest BCUT2D eigenvalue weighted by atomic mass is 10.1. The number of aromatic nitrogens is 5. The number of rotatable bonds is 5. The predicted molar refractivity (Wildman–Crippen MR) is 124 cm³/mol. The fraction of sp³-hybridized carbons (Fsp3) is 0.125. The van der Waals surface area contributed by atoms with Gasteiger partial charge in [0.05, 0.1) is 18.5 Å². The standard InChI is InChI=1S/C24H21N5O3/c1-4-14-27-22(30)20-21(26(2)24(27)31)25-23-28(20)15-18(16-10-6-5-7-11-16)29(23)17-12-8-9-13-19(17)32-3/h4-13,15H,1,14H2,2-3H3. The summed E-state index contributed by atoms with van der Waals surface area (Å²) in [6.45, 7) is 3.78. The minimum atomic E-state index is -0.435. The van der Waals surface area contributed by atoms with Gasteiger partial charge in [0, 0.05) is 25.4 Å². The first-order valence-electron chi connectivity index (χ1n) is 10.1. The van der Waals surface area contributed by atoms with E-state index in [1.807, 2.05) is 65.4 Å². The SMILES string of the molecule is C=CCn1c(=O)c2c(nc3n(-c4ccccc4OC)c(-c4ccccc4)cn23)n(C)c1=O. The van der Waals surface area contributed by atoms with Crippen LogP contribution in [0.1, 0.15) is 0 Å². The minimum Gasteiger partial charge on any atom is -0.495 e. The molecular weight excluding hydrogens is 406 g/mol. The van der Waals surface area contributed by atoms with Crippen molar-refractivity contribution in [3.63, 3.8) is 0 Å². The van der Waals surface area contributed by atoms with Gasteiger partial charge in [0.2, 0.25) is 5.78 Å². The largest absolute Gasteiger partial charge is 0.495 e. The number of ether oxygens (including phenoxy) is 1. The predicted octanol–water partition coefficient (Wildman–Crippen LogP) is 3.00. The smallest absolute Gasteiger partial charge is 0.332 e. The molecule has 2 aromatic carbocycles. The highest BCUT2D eigenvalue weighted by Gasteiger charge is 2.23. The van der Waals surface area contributed by atoms with E-state index >= 15 is 0 Å². The number of methoxy groups -OCH3 is 1. The van der Waals surface area contributed by atoms with Gasteiger partial charge in [-0.3, -0.25) is 22.9 Å². The lowest BCUT2D eigenvalue weighted by molar-refractivity contribution is 0.413. The molecule has 160 valence electrons. The molecule has 5 rings (SSSR count). The molecule has 8 heteroatoms. The molecule has 0 unspecified atom stereocenters. The molecular formula is C24H21N5O3. The summed E-state index contributed by atoms with van der Waals surface area (Å²) < 4.78 is 11.8. The van der Waals surface area contributed by atoms with Crippen LogP contribution in [0.15, 0.2) is 83.0 Å². The molecule has 0 bridgehead atoms. The maximum atomic E-state index is 13.3. The Balaban J connectivity index is 1.98. The Morgan fingerprint density at radius 2 is 1.78 bits per heavy atom. The van der Waals surface area contributed by atoms with Crippen molar-refractivity contribution in [2.24, 2.45) is 7.05 Å². The van der Waals surface area contributed by atoms with Crippen LogP contribution < -0.4 is 16.0 Å². The lowest BCUT2D eigenvalue weighted by Gasteiger charge is -2.13. The number of allylic oxidation sites excluding steroid dienone is 1. The summed E-state index contributed by atoms with van der Waals surface area (Å²) in [6.07, 6.45) is 3.40. The molecule has 3 aromatic heterocycles. The molecule has 0 fully saturated rings. The van der Waals surface area contributed by atoms with E-state index in [-0.39, 0.29) is 6.54 Å². The second-order valence-corrected chi connectivity index (χ2v) is 7.39. The van der Waals surface area contributed by atoms with Crippen LogP contribution in [0.5, 0.6) is 5.75 Å². The van der Waals surface area contributed by atoms with Crippen molar-refractivity contribution in [2.45, 2.75) is 6.54 Å². The highest BCUT2D eigenvalue weighted by molar-refractivity contribution is 5.80. The van der Waals surface area contributed by atoms with E-state index in [0.717, 1.165) is 21.5 Å². The molecule has 0 N–H and O–H groups in total. The second kappa shape index (κ2) is 7.42. The van der Waals surface area contributed by atoms with E-state index < -0.39 is 11.2 Å². The van der Waals surface area contributed by atoms with E-state index in [9.17, 15) is 9.59 Å².